The molecule has 2 heterocycles. The fraction of sp³-hybridized carbons (Fsp3) is 0.333. The maximum Gasteiger partial charge on any atom is 0.419 e. The monoisotopic (exact) mass is 355 g/mol. The Labute approximate surface area is 150 Å². The smallest absolute Gasteiger partial charge is 0.408 e. The van der Waals surface area contributed by atoms with Crippen molar-refractivity contribution in [1.82, 2.24) is 19.4 Å². The molecule has 0 unspecified atom stereocenters. The van der Waals surface area contributed by atoms with Crippen LogP contribution >= 0.6 is 0 Å². The minimum absolute atomic E-state index is 0.117. The molecular weight excluding hydrogens is 334 g/mol. The molecular formula is C18H21N5O3. The van der Waals surface area contributed by atoms with Crippen LogP contribution in [0, 0.1) is 0 Å². The second-order valence-corrected chi connectivity index (χ2v) is 6.25. The Balaban J connectivity index is 1.70. The number of carbonyl (C=O) groups is 1. The summed E-state index contributed by atoms with van der Waals surface area (Å²) in [6, 6.07) is 6.97. The van der Waals surface area contributed by atoms with Crippen molar-refractivity contribution >= 4 is 22.7 Å². The summed E-state index contributed by atoms with van der Waals surface area (Å²) in [6.07, 6.45) is 3.97. The van der Waals surface area contributed by atoms with Crippen molar-refractivity contribution < 1.29 is 9.21 Å². The van der Waals surface area contributed by atoms with E-state index in [0.29, 0.717) is 42.7 Å². The molecule has 3 rings (SSSR count). The highest BCUT2D eigenvalue weighted by Crippen LogP contribution is 2.19. The second-order valence-electron chi connectivity index (χ2n) is 6.25. The van der Waals surface area contributed by atoms with Gasteiger partial charge in [-0.15, -0.1) is 0 Å². The summed E-state index contributed by atoms with van der Waals surface area (Å²) in [6.45, 7) is 1.23. The third-order valence-corrected chi connectivity index (χ3v) is 3.97. The van der Waals surface area contributed by atoms with Gasteiger partial charge in [0.25, 0.3) is 0 Å². The van der Waals surface area contributed by atoms with E-state index in [1.54, 1.807) is 35.0 Å². The lowest BCUT2D eigenvalue weighted by Crippen LogP contribution is -2.23. The van der Waals surface area contributed by atoms with Gasteiger partial charge in [-0.1, -0.05) is 0 Å². The molecule has 8 heteroatoms. The molecule has 1 N–H and O–H groups in total. The van der Waals surface area contributed by atoms with Gasteiger partial charge in [-0.2, -0.15) is 0 Å². The van der Waals surface area contributed by atoms with Crippen LogP contribution in [0.5, 0.6) is 0 Å². The topological polar surface area (TPSA) is 93.3 Å². The highest BCUT2D eigenvalue weighted by Gasteiger charge is 2.11. The minimum atomic E-state index is -0.394. The third kappa shape index (κ3) is 4.34. The number of hydrogen-bond acceptors (Lipinski definition) is 6. The molecule has 3 aromatic rings. The molecule has 1 amide bonds. The van der Waals surface area contributed by atoms with E-state index in [0.717, 1.165) is 5.69 Å². The molecule has 0 fully saturated rings. The molecule has 0 spiro atoms. The number of fused-ring (bicyclic) bond motifs is 1. The quantitative estimate of drug-likeness (QED) is 0.691. The molecule has 136 valence electrons. The maximum absolute atomic E-state index is 12.2. The first-order valence-corrected chi connectivity index (χ1v) is 8.36. The van der Waals surface area contributed by atoms with E-state index < -0.39 is 5.76 Å². The van der Waals surface area contributed by atoms with Crippen LogP contribution in [0.25, 0.3) is 11.1 Å². The van der Waals surface area contributed by atoms with Gasteiger partial charge in [0, 0.05) is 37.1 Å². The predicted molar refractivity (Wildman–Crippen MR) is 98.0 cm³/mol. The van der Waals surface area contributed by atoms with Crippen LogP contribution in [0.15, 0.2) is 46.0 Å². The number of aromatic nitrogens is 3. The average Bonchev–Trinajstić information content (AvgIpc) is 2.93. The Kier molecular flexibility index (Phi) is 5.43. The Morgan fingerprint density at radius 1 is 1.31 bits per heavy atom. The largest absolute Gasteiger partial charge is 0.419 e. The number of rotatable bonds is 7. The van der Waals surface area contributed by atoms with Crippen LogP contribution in [0.1, 0.15) is 12.1 Å². The van der Waals surface area contributed by atoms with Crippen molar-refractivity contribution in [2.75, 3.05) is 26.0 Å². The lowest BCUT2D eigenvalue weighted by molar-refractivity contribution is -0.116. The summed E-state index contributed by atoms with van der Waals surface area (Å²) >= 11 is 0. The standard InChI is InChI=1S/C18H21N5O3/c1-22(2)9-10-23-15-11-14(3-5-16(15)26-18(23)25)21-17(24)6-4-13-7-8-19-12-20-13/h3,5,7-8,11-12H,4,6,9-10H2,1-2H3,(H,21,24). The zero-order valence-electron chi connectivity index (χ0n) is 14.8. The van der Waals surface area contributed by atoms with E-state index in [1.165, 1.54) is 6.33 Å². The van der Waals surface area contributed by atoms with Crippen molar-refractivity contribution in [2.24, 2.45) is 0 Å². The van der Waals surface area contributed by atoms with Gasteiger partial charge in [0.05, 0.1) is 5.52 Å². The fourth-order valence-electron chi connectivity index (χ4n) is 2.58. The first-order chi connectivity index (χ1) is 12.5. The zero-order valence-corrected chi connectivity index (χ0v) is 14.8. The Morgan fingerprint density at radius 3 is 2.88 bits per heavy atom. The van der Waals surface area contributed by atoms with Gasteiger partial charge >= 0.3 is 5.76 Å². The fourth-order valence-corrected chi connectivity index (χ4v) is 2.58. The van der Waals surface area contributed by atoms with Crippen molar-refractivity contribution in [1.29, 1.82) is 0 Å². The van der Waals surface area contributed by atoms with Gasteiger partial charge in [0.2, 0.25) is 5.91 Å². The normalized spacial score (nSPS) is 11.2. The Hall–Kier alpha value is -3.00. The molecule has 0 aliphatic carbocycles. The number of anilines is 1. The van der Waals surface area contributed by atoms with E-state index in [-0.39, 0.29) is 5.91 Å². The molecule has 0 bridgehead atoms. The molecule has 0 aliphatic heterocycles. The molecule has 2 aromatic heterocycles. The third-order valence-electron chi connectivity index (χ3n) is 3.97. The molecule has 26 heavy (non-hydrogen) atoms. The number of hydrogen-bond donors (Lipinski definition) is 1. The van der Waals surface area contributed by atoms with Gasteiger partial charge in [-0.3, -0.25) is 9.36 Å². The van der Waals surface area contributed by atoms with E-state index in [2.05, 4.69) is 15.3 Å². The Morgan fingerprint density at radius 2 is 2.15 bits per heavy atom. The van der Waals surface area contributed by atoms with Gasteiger partial charge in [0.15, 0.2) is 5.58 Å². The van der Waals surface area contributed by atoms with Crippen LogP contribution < -0.4 is 11.1 Å². The maximum atomic E-state index is 12.2. The highest BCUT2D eigenvalue weighted by atomic mass is 16.4. The van der Waals surface area contributed by atoms with Crippen LogP contribution in [-0.4, -0.2) is 46.0 Å². The molecule has 8 nitrogen and oxygen atoms in total. The van der Waals surface area contributed by atoms with Crippen LogP contribution in [0.2, 0.25) is 0 Å². The number of benzene rings is 1. The summed E-state index contributed by atoms with van der Waals surface area (Å²) in [5.41, 5.74) is 2.63. The van der Waals surface area contributed by atoms with Crippen molar-refractivity contribution in [2.45, 2.75) is 19.4 Å². The predicted octanol–water partition coefficient (Wildman–Crippen LogP) is 1.52. The van der Waals surface area contributed by atoms with Gasteiger partial charge in [0.1, 0.15) is 6.33 Å². The van der Waals surface area contributed by atoms with Crippen LogP contribution in [0.4, 0.5) is 5.69 Å². The van der Waals surface area contributed by atoms with E-state index in [4.69, 9.17) is 4.42 Å². The first-order valence-electron chi connectivity index (χ1n) is 8.36. The second kappa shape index (κ2) is 7.92. The van der Waals surface area contributed by atoms with Crippen LogP contribution in [0.3, 0.4) is 0 Å². The number of carbonyl (C=O) groups excluding carboxylic acids is 1. The average molecular weight is 355 g/mol. The number of nitrogens with one attached hydrogen (secondary N) is 1. The summed E-state index contributed by atoms with van der Waals surface area (Å²) in [5, 5.41) is 2.86. The van der Waals surface area contributed by atoms with Gasteiger partial charge < -0.3 is 14.6 Å². The summed E-state index contributed by atoms with van der Waals surface area (Å²) < 4.78 is 6.83. The van der Waals surface area contributed by atoms with Gasteiger partial charge in [-0.25, -0.2) is 14.8 Å². The lowest BCUT2D eigenvalue weighted by Gasteiger charge is -2.10. The van der Waals surface area contributed by atoms with E-state index in [9.17, 15) is 9.59 Å². The van der Waals surface area contributed by atoms with E-state index >= 15 is 0 Å². The zero-order chi connectivity index (χ0) is 18.5. The summed E-state index contributed by atoms with van der Waals surface area (Å²) in [5.74, 6) is -0.511. The molecule has 0 saturated heterocycles. The SMILES string of the molecule is CN(C)CCn1c(=O)oc2ccc(NC(=O)CCc3ccncn3)cc21. The van der Waals surface area contributed by atoms with Gasteiger partial charge in [-0.05, 0) is 44.8 Å². The molecule has 0 saturated carbocycles. The first kappa shape index (κ1) is 17.8. The number of oxazole rings is 1. The summed E-state index contributed by atoms with van der Waals surface area (Å²) in [4.78, 5) is 34.1. The number of nitrogens with zero attached hydrogens (tertiary/aromatic N) is 4. The molecule has 0 aliphatic rings. The molecule has 0 radical (unpaired) electrons. The van der Waals surface area contributed by atoms with Crippen molar-refractivity contribution in [3.05, 3.63) is 53.0 Å². The van der Waals surface area contributed by atoms with Crippen molar-refractivity contribution in [3.63, 3.8) is 0 Å². The number of likely N-dealkylation sites (N-methyl/N-ethyl adjacent to an activating group) is 1. The highest BCUT2D eigenvalue weighted by molar-refractivity contribution is 5.92. The Bertz CT molecular complexity index is 946. The van der Waals surface area contributed by atoms with Crippen molar-refractivity contribution in [3.8, 4) is 0 Å². The molecule has 0 atom stereocenters. The van der Waals surface area contributed by atoms with Crippen LogP contribution in [-0.2, 0) is 17.8 Å². The lowest BCUT2D eigenvalue weighted by atomic mass is 10.2. The molecule has 1 aromatic carbocycles. The van der Waals surface area contributed by atoms with E-state index in [1.807, 2.05) is 19.0 Å². The minimum Gasteiger partial charge on any atom is -0.408 e. The summed E-state index contributed by atoms with van der Waals surface area (Å²) in [7, 11) is 3.88. The number of aryl methyl sites for hydroxylation is 1. The number of amides is 1.